The lowest BCUT2D eigenvalue weighted by Gasteiger charge is -2.26. The number of rotatable bonds is 7. The summed E-state index contributed by atoms with van der Waals surface area (Å²) in [5.41, 5.74) is 0.507. The fraction of sp³-hybridized carbons (Fsp3) is 0.125. The Bertz CT molecular complexity index is 1230. The molecule has 4 amide bonds. The second kappa shape index (κ2) is 9.39. The molecule has 0 saturated carbocycles. The van der Waals surface area contributed by atoms with Crippen LogP contribution in [0.15, 0.2) is 72.4 Å². The zero-order chi connectivity index (χ0) is 23.4. The van der Waals surface area contributed by atoms with E-state index in [-0.39, 0.29) is 11.3 Å². The van der Waals surface area contributed by atoms with Crippen molar-refractivity contribution in [3.05, 3.63) is 83.9 Å². The summed E-state index contributed by atoms with van der Waals surface area (Å²) in [4.78, 5) is 38.4. The second-order valence-corrected chi connectivity index (χ2v) is 7.06. The van der Waals surface area contributed by atoms with Crippen molar-refractivity contribution in [1.82, 2.24) is 9.88 Å². The number of nitrogens with zero attached hydrogens (tertiary/aromatic N) is 2. The average Bonchev–Trinajstić information content (AvgIpc) is 3.25. The molecule has 4 rings (SSSR count). The molecule has 0 radical (unpaired) electrons. The van der Waals surface area contributed by atoms with Gasteiger partial charge in [-0.15, -0.1) is 0 Å². The highest BCUT2D eigenvalue weighted by atomic mass is 19.1. The van der Waals surface area contributed by atoms with E-state index in [2.05, 4.69) is 5.32 Å². The van der Waals surface area contributed by atoms with Crippen molar-refractivity contribution in [2.45, 2.75) is 6.54 Å². The summed E-state index contributed by atoms with van der Waals surface area (Å²) in [5, 5.41) is 2.15. The second-order valence-electron chi connectivity index (χ2n) is 7.06. The molecule has 1 N–H and O–H groups in total. The van der Waals surface area contributed by atoms with Gasteiger partial charge in [0.1, 0.15) is 18.0 Å². The fourth-order valence-corrected chi connectivity index (χ4v) is 3.38. The highest BCUT2D eigenvalue weighted by Crippen LogP contribution is 2.26. The zero-order valence-corrected chi connectivity index (χ0v) is 17.7. The van der Waals surface area contributed by atoms with Crippen LogP contribution in [0, 0.1) is 5.82 Å². The predicted octanol–water partition coefficient (Wildman–Crippen LogP) is 3.38. The number of amides is 4. The third kappa shape index (κ3) is 4.62. The maximum atomic E-state index is 13.2. The SMILES string of the molecule is COc1ccccc1OCCn1cccc1C=C1C(=O)NC(=O)N(c2ccc(F)cc2)C1=O. The number of para-hydroxylation sites is 2. The Hall–Kier alpha value is -4.40. The molecule has 0 unspecified atom stereocenters. The summed E-state index contributed by atoms with van der Waals surface area (Å²) < 4.78 is 26.1. The molecular weight excluding hydrogens is 429 g/mol. The topological polar surface area (TPSA) is 89.9 Å². The van der Waals surface area contributed by atoms with E-state index in [0.29, 0.717) is 30.3 Å². The maximum Gasteiger partial charge on any atom is 0.335 e. The van der Waals surface area contributed by atoms with Crippen LogP contribution in [-0.4, -0.2) is 36.1 Å². The number of nitrogens with one attached hydrogen (secondary N) is 1. The van der Waals surface area contributed by atoms with Crippen LogP contribution in [0.2, 0.25) is 0 Å². The first-order chi connectivity index (χ1) is 16.0. The first-order valence-corrected chi connectivity index (χ1v) is 10.1. The van der Waals surface area contributed by atoms with E-state index in [1.165, 1.54) is 18.2 Å². The van der Waals surface area contributed by atoms with Crippen LogP contribution in [-0.2, 0) is 16.1 Å². The van der Waals surface area contributed by atoms with Crippen molar-refractivity contribution in [2.24, 2.45) is 0 Å². The van der Waals surface area contributed by atoms with Crippen LogP contribution in [0.4, 0.5) is 14.9 Å². The number of imide groups is 2. The smallest absolute Gasteiger partial charge is 0.335 e. The van der Waals surface area contributed by atoms with Crippen molar-refractivity contribution in [2.75, 3.05) is 18.6 Å². The average molecular weight is 449 g/mol. The molecule has 2 heterocycles. The molecule has 0 bridgehead atoms. The summed E-state index contributed by atoms with van der Waals surface area (Å²) in [7, 11) is 1.56. The number of anilines is 1. The highest BCUT2D eigenvalue weighted by Gasteiger charge is 2.37. The van der Waals surface area contributed by atoms with Gasteiger partial charge in [0.15, 0.2) is 11.5 Å². The molecule has 3 aromatic rings. The minimum absolute atomic E-state index is 0.151. The molecule has 0 aliphatic carbocycles. The summed E-state index contributed by atoms with van der Waals surface area (Å²) in [5.74, 6) is -0.900. The Morgan fingerprint density at radius 2 is 1.70 bits per heavy atom. The van der Waals surface area contributed by atoms with Gasteiger partial charge in [-0.1, -0.05) is 12.1 Å². The fourth-order valence-electron chi connectivity index (χ4n) is 3.38. The van der Waals surface area contributed by atoms with Crippen molar-refractivity contribution in [1.29, 1.82) is 0 Å². The lowest BCUT2D eigenvalue weighted by molar-refractivity contribution is -0.122. The first-order valence-electron chi connectivity index (χ1n) is 10.1. The van der Waals surface area contributed by atoms with Crippen LogP contribution in [0.1, 0.15) is 5.69 Å². The van der Waals surface area contributed by atoms with Gasteiger partial charge in [0, 0.05) is 11.9 Å². The number of methoxy groups -OCH3 is 1. The van der Waals surface area contributed by atoms with Gasteiger partial charge in [0.25, 0.3) is 11.8 Å². The van der Waals surface area contributed by atoms with Crippen LogP contribution in [0.3, 0.4) is 0 Å². The summed E-state index contributed by atoms with van der Waals surface area (Å²) >= 11 is 0. The molecule has 33 heavy (non-hydrogen) atoms. The Balaban J connectivity index is 1.53. The predicted molar refractivity (Wildman–Crippen MR) is 118 cm³/mol. The highest BCUT2D eigenvalue weighted by molar-refractivity contribution is 6.39. The third-order valence-electron chi connectivity index (χ3n) is 5.00. The van der Waals surface area contributed by atoms with Crippen LogP contribution in [0.25, 0.3) is 6.08 Å². The number of ether oxygens (including phenoxy) is 2. The molecule has 1 fully saturated rings. The zero-order valence-electron chi connectivity index (χ0n) is 17.7. The van der Waals surface area contributed by atoms with Crippen LogP contribution >= 0.6 is 0 Å². The molecule has 168 valence electrons. The Labute approximate surface area is 188 Å². The standard InChI is InChI=1S/C24H20FN3O5/c1-32-20-6-2-3-7-21(20)33-14-13-27-12-4-5-18(27)15-19-22(29)26-24(31)28(23(19)30)17-10-8-16(25)9-11-17/h2-12,15H,13-14H2,1H3,(H,26,29,31). The number of hydrogen-bond donors (Lipinski definition) is 1. The Morgan fingerprint density at radius 1 is 0.970 bits per heavy atom. The number of hydrogen-bond acceptors (Lipinski definition) is 5. The van der Waals surface area contributed by atoms with Gasteiger partial charge in [-0.2, -0.15) is 0 Å². The number of carbonyl (C=O) groups excluding carboxylic acids is 3. The molecule has 0 spiro atoms. The van der Waals surface area contributed by atoms with Gasteiger partial charge in [0.05, 0.1) is 19.3 Å². The van der Waals surface area contributed by atoms with E-state index in [1.54, 1.807) is 37.6 Å². The number of halogens is 1. The van der Waals surface area contributed by atoms with Gasteiger partial charge in [-0.05, 0) is 54.6 Å². The molecule has 0 atom stereocenters. The molecule has 1 saturated heterocycles. The molecule has 1 aliphatic heterocycles. The van der Waals surface area contributed by atoms with Gasteiger partial charge in [-0.25, -0.2) is 14.1 Å². The number of carbonyl (C=O) groups is 3. The van der Waals surface area contributed by atoms with Crippen molar-refractivity contribution in [3.8, 4) is 11.5 Å². The maximum absolute atomic E-state index is 13.2. The minimum atomic E-state index is -0.894. The van der Waals surface area contributed by atoms with Crippen molar-refractivity contribution in [3.63, 3.8) is 0 Å². The van der Waals surface area contributed by atoms with Gasteiger partial charge < -0.3 is 14.0 Å². The number of benzene rings is 2. The number of aromatic nitrogens is 1. The largest absolute Gasteiger partial charge is 0.493 e. The summed E-state index contributed by atoms with van der Waals surface area (Å²) in [6.07, 6.45) is 3.19. The van der Waals surface area contributed by atoms with Crippen LogP contribution < -0.4 is 19.7 Å². The van der Waals surface area contributed by atoms with E-state index in [4.69, 9.17) is 9.47 Å². The van der Waals surface area contributed by atoms with E-state index in [9.17, 15) is 18.8 Å². The van der Waals surface area contributed by atoms with Crippen LogP contribution in [0.5, 0.6) is 11.5 Å². The number of urea groups is 1. The van der Waals surface area contributed by atoms with Crippen molar-refractivity contribution >= 4 is 29.6 Å². The first kappa shape index (κ1) is 21.8. The monoisotopic (exact) mass is 449 g/mol. The van der Waals surface area contributed by atoms with Crippen molar-refractivity contribution < 1.29 is 28.2 Å². The van der Waals surface area contributed by atoms with Gasteiger partial charge in [0.2, 0.25) is 0 Å². The molecule has 1 aromatic heterocycles. The third-order valence-corrected chi connectivity index (χ3v) is 5.00. The number of barbiturate groups is 1. The minimum Gasteiger partial charge on any atom is -0.493 e. The van der Waals surface area contributed by atoms with E-state index in [1.807, 2.05) is 16.7 Å². The lowest BCUT2D eigenvalue weighted by atomic mass is 10.1. The lowest BCUT2D eigenvalue weighted by Crippen LogP contribution is -2.54. The molecule has 8 nitrogen and oxygen atoms in total. The molecule has 1 aliphatic rings. The molecule has 2 aromatic carbocycles. The molecule has 9 heteroatoms. The summed E-state index contributed by atoms with van der Waals surface area (Å²) in [6.45, 7) is 0.742. The van der Waals surface area contributed by atoms with E-state index < -0.39 is 23.7 Å². The Kier molecular flexibility index (Phi) is 6.21. The van der Waals surface area contributed by atoms with E-state index >= 15 is 0 Å². The van der Waals surface area contributed by atoms with E-state index in [0.717, 1.165) is 17.0 Å². The quantitative estimate of drug-likeness (QED) is 0.441. The van der Waals surface area contributed by atoms with Gasteiger partial charge >= 0.3 is 6.03 Å². The normalized spacial score (nSPS) is 15.0. The Morgan fingerprint density at radius 3 is 2.42 bits per heavy atom. The summed E-state index contributed by atoms with van der Waals surface area (Å²) in [6, 6.07) is 14.7. The molecular formula is C24H20FN3O5. The van der Waals surface area contributed by atoms with Gasteiger partial charge in [-0.3, -0.25) is 14.9 Å².